The SMILES string of the molecule is CN(CC1(c2ccccc2)CC1)c1ccc(C(N)=O)nn1. The Bertz CT molecular complexity index is 635. The van der Waals surface area contributed by atoms with Gasteiger partial charge in [-0.3, -0.25) is 4.79 Å². The van der Waals surface area contributed by atoms with Crippen LogP contribution in [0.25, 0.3) is 0 Å². The molecule has 21 heavy (non-hydrogen) atoms. The number of benzene rings is 1. The molecule has 1 heterocycles. The minimum atomic E-state index is -0.556. The number of carbonyl (C=O) groups excluding carboxylic acids is 1. The summed E-state index contributed by atoms with van der Waals surface area (Å²) in [5.41, 5.74) is 6.96. The highest BCUT2D eigenvalue weighted by Crippen LogP contribution is 2.48. The standard InChI is InChI=1S/C16H18N4O/c1-20(14-8-7-13(15(17)21)18-19-14)11-16(9-10-16)12-5-3-2-4-6-12/h2-8H,9-11H2,1H3,(H2,17,21). The lowest BCUT2D eigenvalue weighted by Crippen LogP contribution is -2.30. The van der Waals surface area contributed by atoms with Gasteiger partial charge in [0.05, 0.1) is 0 Å². The molecule has 2 N–H and O–H groups in total. The van der Waals surface area contributed by atoms with Crippen LogP contribution < -0.4 is 10.6 Å². The first-order valence-electron chi connectivity index (χ1n) is 7.01. The number of hydrogen-bond donors (Lipinski definition) is 1. The Morgan fingerprint density at radius 3 is 2.43 bits per heavy atom. The van der Waals surface area contributed by atoms with Crippen LogP contribution in [0.2, 0.25) is 0 Å². The Morgan fingerprint density at radius 2 is 1.90 bits per heavy atom. The van der Waals surface area contributed by atoms with Crippen LogP contribution in [0.5, 0.6) is 0 Å². The van der Waals surface area contributed by atoms with Crippen LogP contribution in [0.4, 0.5) is 5.82 Å². The van der Waals surface area contributed by atoms with Crippen molar-refractivity contribution < 1.29 is 4.79 Å². The third-order valence-electron chi connectivity index (χ3n) is 4.07. The van der Waals surface area contributed by atoms with E-state index in [1.54, 1.807) is 12.1 Å². The molecular weight excluding hydrogens is 264 g/mol. The Balaban J connectivity index is 1.74. The normalized spacial score (nSPS) is 15.5. The molecule has 1 aliphatic rings. The lowest BCUT2D eigenvalue weighted by molar-refractivity contribution is 0.0994. The molecule has 0 bridgehead atoms. The van der Waals surface area contributed by atoms with Crippen LogP contribution in [-0.4, -0.2) is 29.7 Å². The van der Waals surface area contributed by atoms with Crippen molar-refractivity contribution in [2.45, 2.75) is 18.3 Å². The molecule has 0 atom stereocenters. The molecule has 0 saturated heterocycles. The number of amides is 1. The number of nitrogens with two attached hydrogens (primary N) is 1. The quantitative estimate of drug-likeness (QED) is 0.906. The second-order valence-electron chi connectivity index (χ2n) is 5.64. The van der Waals surface area contributed by atoms with E-state index >= 15 is 0 Å². The zero-order valence-electron chi connectivity index (χ0n) is 12.0. The fourth-order valence-corrected chi connectivity index (χ4v) is 2.68. The molecular formula is C16H18N4O. The van der Waals surface area contributed by atoms with Crippen molar-refractivity contribution in [3.8, 4) is 0 Å². The number of carbonyl (C=O) groups is 1. The van der Waals surface area contributed by atoms with E-state index in [1.807, 2.05) is 13.1 Å². The molecule has 1 aromatic carbocycles. The first-order chi connectivity index (χ1) is 10.1. The van der Waals surface area contributed by atoms with Gasteiger partial charge in [0.2, 0.25) is 0 Å². The molecule has 108 valence electrons. The predicted octanol–water partition coefficient (Wildman–Crippen LogP) is 1.74. The van der Waals surface area contributed by atoms with E-state index in [-0.39, 0.29) is 11.1 Å². The van der Waals surface area contributed by atoms with Crippen LogP contribution in [0.1, 0.15) is 28.9 Å². The van der Waals surface area contributed by atoms with Crippen molar-refractivity contribution in [3.63, 3.8) is 0 Å². The number of likely N-dealkylation sites (N-methyl/N-ethyl adjacent to an activating group) is 1. The summed E-state index contributed by atoms with van der Waals surface area (Å²) in [6, 6.07) is 14.0. The van der Waals surface area contributed by atoms with Crippen molar-refractivity contribution in [3.05, 3.63) is 53.7 Å². The average molecular weight is 282 g/mol. The van der Waals surface area contributed by atoms with Crippen molar-refractivity contribution in [1.29, 1.82) is 0 Å². The fourth-order valence-electron chi connectivity index (χ4n) is 2.68. The summed E-state index contributed by atoms with van der Waals surface area (Å²) in [5.74, 6) is 0.196. The third kappa shape index (κ3) is 2.72. The number of rotatable bonds is 5. The summed E-state index contributed by atoms with van der Waals surface area (Å²) in [5, 5.41) is 7.94. The van der Waals surface area contributed by atoms with Crippen molar-refractivity contribution in [2.75, 3.05) is 18.5 Å². The fraction of sp³-hybridized carbons (Fsp3) is 0.312. The van der Waals surface area contributed by atoms with E-state index in [2.05, 4.69) is 39.4 Å². The molecule has 1 fully saturated rings. The van der Waals surface area contributed by atoms with Gasteiger partial charge in [-0.1, -0.05) is 30.3 Å². The van der Waals surface area contributed by atoms with Crippen molar-refractivity contribution >= 4 is 11.7 Å². The maximum Gasteiger partial charge on any atom is 0.269 e. The summed E-state index contributed by atoms with van der Waals surface area (Å²) in [6.07, 6.45) is 2.38. The van der Waals surface area contributed by atoms with Crippen molar-refractivity contribution in [2.24, 2.45) is 5.73 Å². The van der Waals surface area contributed by atoms with E-state index in [9.17, 15) is 4.79 Å². The highest BCUT2D eigenvalue weighted by molar-refractivity contribution is 5.90. The van der Waals surface area contributed by atoms with Gasteiger partial charge in [0.15, 0.2) is 11.5 Å². The smallest absolute Gasteiger partial charge is 0.269 e. The van der Waals surface area contributed by atoms with Crippen LogP contribution in [0.3, 0.4) is 0 Å². The Morgan fingerprint density at radius 1 is 1.19 bits per heavy atom. The lowest BCUT2D eigenvalue weighted by atomic mass is 9.95. The second-order valence-corrected chi connectivity index (χ2v) is 5.64. The number of primary amides is 1. The van der Waals surface area contributed by atoms with Gasteiger partial charge in [-0.05, 0) is 30.5 Å². The number of aromatic nitrogens is 2. The van der Waals surface area contributed by atoms with E-state index in [0.717, 1.165) is 12.4 Å². The first kappa shape index (κ1) is 13.5. The molecule has 0 radical (unpaired) electrons. The number of hydrogen-bond acceptors (Lipinski definition) is 4. The zero-order chi connectivity index (χ0) is 14.9. The average Bonchev–Trinajstić information content (AvgIpc) is 3.29. The Kier molecular flexibility index (Phi) is 3.33. The summed E-state index contributed by atoms with van der Waals surface area (Å²) in [7, 11) is 2.00. The lowest BCUT2D eigenvalue weighted by Gasteiger charge is -2.24. The van der Waals surface area contributed by atoms with E-state index < -0.39 is 5.91 Å². The van der Waals surface area contributed by atoms with Gasteiger partial charge in [0.1, 0.15) is 0 Å². The number of nitrogens with zero attached hydrogens (tertiary/aromatic N) is 3. The van der Waals surface area contributed by atoms with E-state index in [1.165, 1.54) is 18.4 Å². The first-order valence-corrected chi connectivity index (χ1v) is 7.01. The molecule has 1 amide bonds. The predicted molar refractivity (Wildman–Crippen MR) is 81.2 cm³/mol. The topological polar surface area (TPSA) is 72.1 Å². The van der Waals surface area contributed by atoms with Gasteiger partial charge in [-0.15, -0.1) is 10.2 Å². The van der Waals surface area contributed by atoms with Gasteiger partial charge >= 0.3 is 0 Å². The van der Waals surface area contributed by atoms with Crippen LogP contribution >= 0.6 is 0 Å². The molecule has 1 aliphatic carbocycles. The van der Waals surface area contributed by atoms with E-state index in [0.29, 0.717) is 0 Å². The Labute approximate surface area is 123 Å². The molecule has 2 aromatic rings. The number of anilines is 1. The molecule has 1 saturated carbocycles. The molecule has 5 nitrogen and oxygen atoms in total. The van der Waals surface area contributed by atoms with Gasteiger partial charge < -0.3 is 10.6 Å². The maximum atomic E-state index is 11.0. The molecule has 5 heteroatoms. The van der Waals surface area contributed by atoms with Gasteiger partial charge in [0.25, 0.3) is 5.91 Å². The molecule has 3 rings (SSSR count). The molecule has 1 aromatic heterocycles. The monoisotopic (exact) mass is 282 g/mol. The highest BCUT2D eigenvalue weighted by Gasteiger charge is 2.45. The van der Waals surface area contributed by atoms with E-state index in [4.69, 9.17) is 5.73 Å². The highest BCUT2D eigenvalue weighted by atomic mass is 16.1. The second kappa shape index (κ2) is 5.16. The minimum absolute atomic E-state index is 0.191. The van der Waals surface area contributed by atoms with Crippen LogP contribution in [-0.2, 0) is 5.41 Å². The van der Waals surface area contributed by atoms with Gasteiger partial charge in [-0.25, -0.2) is 0 Å². The summed E-state index contributed by atoms with van der Waals surface area (Å²) < 4.78 is 0. The Hall–Kier alpha value is -2.43. The third-order valence-corrected chi connectivity index (χ3v) is 4.07. The van der Waals surface area contributed by atoms with Crippen molar-refractivity contribution in [1.82, 2.24) is 10.2 Å². The summed E-state index contributed by atoms with van der Waals surface area (Å²) in [4.78, 5) is 13.1. The van der Waals surface area contributed by atoms with Gasteiger partial charge in [-0.2, -0.15) is 0 Å². The minimum Gasteiger partial charge on any atom is -0.364 e. The maximum absolute atomic E-state index is 11.0. The molecule has 0 spiro atoms. The van der Waals surface area contributed by atoms with Crippen LogP contribution in [0, 0.1) is 0 Å². The van der Waals surface area contributed by atoms with Crippen LogP contribution in [0.15, 0.2) is 42.5 Å². The molecule has 0 aliphatic heterocycles. The summed E-state index contributed by atoms with van der Waals surface area (Å²) >= 11 is 0. The molecule has 0 unspecified atom stereocenters. The van der Waals surface area contributed by atoms with Gasteiger partial charge in [0, 0.05) is 19.0 Å². The summed E-state index contributed by atoms with van der Waals surface area (Å²) in [6.45, 7) is 0.890. The zero-order valence-corrected chi connectivity index (χ0v) is 12.0. The largest absolute Gasteiger partial charge is 0.364 e.